The second-order valence-electron chi connectivity index (χ2n) is 29.8. The normalized spacial score (nSPS) is 14.8. The van der Waals surface area contributed by atoms with E-state index in [4.69, 9.17) is 19.9 Å². The average molecular weight is 1430 g/mol. The minimum Gasteiger partial charge on any atom is -0.277 e. The highest BCUT2D eigenvalue weighted by molar-refractivity contribution is 7.99. The Morgan fingerprint density at radius 2 is 0.618 bits per heavy atom. The van der Waals surface area contributed by atoms with Gasteiger partial charge in [0, 0.05) is 73.8 Å². The van der Waals surface area contributed by atoms with Gasteiger partial charge in [-0.3, -0.25) is 9.13 Å². The van der Waals surface area contributed by atoms with Crippen LogP contribution in [0.25, 0.3) is 166 Å². The predicted molar refractivity (Wildman–Crippen MR) is 453 cm³/mol. The lowest BCUT2D eigenvalue weighted by Crippen LogP contribution is -2.32. The molecule has 17 aromatic carbocycles. The Morgan fingerprint density at radius 3 is 1.16 bits per heavy atom. The third-order valence-corrected chi connectivity index (χ3v) is 26.7. The van der Waals surface area contributed by atoms with Crippen LogP contribution in [0.2, 0.25) is 0 Å². The summed E-state index contributed by atoms with van der Waals surface area (Å²) in [4.78, 5) is 27.6. The highest BCUT2D eigenvalue weighted by Crippen LogP contribution is 2.65. The first-order chi connectivity index (χ1) is 54.5. The second-order valence-corrected chi connectivity index (χ2v) is 32.0. The summed E-state index contributed by atoms with van der Waals surface area (Å²) in [6, 6.07) is 131. The van der Waals surface area contributed by atoms with Crippen molar-refractivity contribution in [2.24, 2.45) is 0 Å². The summed E-state index contributed by atoms with van der Waals surface area (Å²) in [7, 11) is 0. The molecule has 0 radical (unpaired) electrons. The molecule has 0 saturated heterocycles. The van der Waals surface area contributed by atoms with E-state index >= 15 is 0 Å². The Morgan fingerprint density at radius 1 is 0.218 bits per heavy atom. The molecule has 0 amide bonds. The molecule has 110 heavy (non-hydrogen) atoms. The Hall–Kier alpha value is -13.5. The zero-order valence-electron chi connectivity index (χ0n) is 59.0. The Bertz CT molecular complexity index is 7670. The quantitative estimate of drug-likeness (QED) is 0.171. The Balaban J connectivity index is 0.667. The summed E-state index contributed by atoms with van der Waals surface area (Å²) in [6.07, 6.45) is 0. The monoisotopic (exact) mass is 1430 g/mol. The van der Waals surface area contributed by atoms with Crippen LogP contribution in [0.5, 0.6) is 0 Å². The Kier molecular flexibility index (Phi) is 12.4. The van der Waals surface area contributed by atoms with Gasteiger partial charge < -0.3 is 0 Å². The number of para-hydroxylation sites is 2. The fourth-order valence-corrected chi connectivity index (χ4v) is 22.3. The molecule has 1 atom stereocenters. The summed E-state index contributed by atoms with van der Waals surface area (Å²) < 4.78 is 4.73. The van der Waals surface area contributed by atoms with Crippen LogP contribution in [0, 0.1) is 0 Å². The topological polar surface area (TPSA) is 61.4 Å². The van der Waals surface area contributed by atoms with Crippen molar-refractivity contribution in [3.05, 3.63) is 396 Å². The number of aromatic nitrogens is 6. The molecule has 21 aromatic rings. The van der Waals surface area contributed by atoms with Gasteiger partial charge in [0.1, 0.15) is 0 Å². The van der Waals surface area contributed by atoms with E-state index in [1.165, 1.54) is 103 Å². The van der Waals surface area contributed by atoms with Crippen molar-refractivity contribution >= 4 is 121 Å². The lowest BCUT2D eigenvalue weighted by Gasteiger charge is -2.39. The molecule has 0 saturated carbocycles. The SMILES string of the molecule is c1cc(-c2ccc3c(c2)-c2ccccc2C32c3ccccc3Sc3cc4c(cc32)c2ccc3ccccc3c2n4-c2nc(-c3ccc4ccccc4c3)c3ccccc3n2)cc(-c2nc(-n3c4cc5c(cc4c4ccc6ccccc6c43)C3(c4ccccc4S5)c4ccccc4-c4ccccc43)nc3ccccc23)c1. The lowest BCUT2D eigenvalue weighted by molar-refractivity contribution is 0.724. The molecule has 25 rings (SSSR count). The van der Waals surface area contributed by atoms with Crippen molar-refractivity contribution < 1.29 is 0 Å². The standard InChI is InChI=1S/C102H58N6S2/c1-2-25-62-52-66(45-44-59(62)22-1)96-75-34-11-18-41-88(75)104-100(106-96)108-90-58-94-86(56-78(90)73-50-47-61-24-4-6-29-68(61)98(73)108)102(84-39-16-20-43-92(84)110-94)81-37-14-9-32-71(81)76-54-64(48-51-82(76)102)63-26-21-27-65(53-63)95-74-33-10-17-40-87(74)103-99(105-95)107-89-57-93-85(55-77(89)72-49-46-60-23-3-5-28-67(60)97(72)107)101(83-38-15-19-42-91(83)109-93)79-35-12-7-30-69(79)70-31-8-13-36-80(70)101/h1-58H. The van der Waals surface area contributed by atoms with E-state index in [9.17, 15) is 0 Å². The van der Waals surface area contributed by atoms with Gasteiger partial charge >= 0.3 is 0 Å². The van der Waals surface area contributed by atoms with E-state index in [0.717, 1.165) is 115 Å². The van der Waals surface area contributed by atoms with Crippen molar-refractivity contribution in [2.45, 2.75) is 30.4 Å². The molecule has 8 heteroatoms. The largest absolute Gasteiger partial charge is 0.277 e. The molecule has 1 unspecified atom stereocenters. The fraction of sp³-hybridized carbons (Fsp3) is 0.0196. The zero-order chi connectivity index (χ0) is 71.7. The first-order valence-electron chi connectivity index (χ1n) is 37.6. The maximum absolute atomic E-state index is 5.87. The first kappa shape index (κ1) is 60.6. The summed E-state index contributed by atoms with van der Waals surface area (Å²) in [6.45, 7) is 0. The third kappa shape index (κ3) is 8.14. The predicted octanol–water partition coefficient (Wildman–Crippen LogP) is 25.9. The number of nitrogens with zero attached hydrogens (tertiary/aromatic N) is 6. The van der Waals surface area contributed by atoms with E-state index in [0.29, 0.717) is 11.9 Å². The van der Waals surface area contributed by atoms with Gasteiger partial charge in [0.15, 0.2) is 0 Å². The Labute approximate surface area is 640 Å². The smallest absolute Gasteiger partial charge is 0.235 e. The van der Waals surface area contributed by atoms with E-state index in [-0.39, 0.29) is 0 Å². The molecule has 4 aliphatic rings. The van der Waals surface area contributed by atoms with Crippen molar-refractivity contribution in [1.29, 1.82) is 0 Å². The molecule has 0 fully saturated rings. The zero-order valence-corrected chi connectivity index (χ0v) is 60.6. The van der Waals surface area contributed by atoms with Gasteiger partial charge in [-0.1, -0.05) is 309 Å². The molecule has 6 heterocycles. The number of rotatable bonds is 5. The average Bonchev–Trinajstić information content (AvgIpc) is 1.48. The van der Waals surface area contributed by atoms with Crippen molar-refractivity contribution in [3.8, 4) is 67.8 Å². The highest BCUT2D eigenvalue weighted by atomic mass is 32.2. The van der Waals surface area contributed by atoms with Crippen LogP contribution in [0.4, 0.5) is 0 Å². The van der Waals surface area contributed by atoms with Gasteiger partial charge in [-0.2, -0.15) is 0 Å². The minimum absolute atomic E-state index is 0.535. The number of hydrogen-bond acceptors (Lipinski definition) is 6. The molecule has 0 bridgehead atoms. The minimum atomic E-state index is -0.669. The molecular formula is C102H58N6S2. The molecule has 2 aliphatic carbocycles. The van der Waals surface area contributed by atoms with Gasteiger partial charge in [-0.05, 0) is 166 Å². The summed E-state index contributed by atoms with van der Waals surface area (Å²) >= 11 is 3.74. The van der Waals surface area contributed by atoms with Crippen LogP contribution in [-0.2, 0) is 10.8 Å². The van der Waals surface area contributed by atoms with Crippen LogP contribution < -0.4 is 0 Å². The van der Waals surface area contributed by atoms with E-state index in [1.54, 1.807) is 0 Å². The van der Waals surface area contributed by atoms with E-state index < -0.39 is 10.8 Å². The first-order valence-corrected chi connectivity index (χ1v) is 39.3. The highest BCUT2D eigenvalue weighted by Gasteiger charge is 2.52. The van der Waals surface area contributed by atoms with E-state index in [2.05, 4.69) is 361 Å². The summed E-state index contributed by atoms with van der Waals surface area (Å²) in [5.41, 5.74) is 26.3. The van der Waals surface area contributed by atoms with Crippen LogP contribution in [0.15, 0.2) is 371 Å². The third-order valence-electron chi connectivity index (χ3n) is 24.4. The molecule has 0 N–H and O–H groups in total. The second kappa shape index (κ2) is 22.5. The van der Waals surface area contributed by atoms with Gasteiger partial charge in [0.25, 0.3) is 0 Å². The number of hydrogen-bond donors (Lipinski definition) is 0. The van der Waals surface area contributed by atoms with Crippen molar-refractivity contribution in [1.82, 2.24) is 29.1 Å². The lowest BCUT2D eigenvalue weighted by atomic mass is 9.67. The van der Waals surface area contributed by atoms with Crippen molar-refractivity contribution in [2.75, 3.05) is 0 Å². The van der Waals surface area contributed by atoms with Crippen LogP contribution >= 0.6 is 23.5 Å². The van der Waals surface area contributed by atoms with Gasteiger partial charge in [-0.15, -0.1) is 0 Å². The maximum Gasteiger partial charge on any atom is 0.235 e. The van der Waals surface area contributed by atoms with Gasteiger partial charge in [0.2, 0.25) is 11.9 Å². The maximum atomic E-state index is 5.87. The van der Waals surface area contributed by atoms with Crippen LogP contribution in [0.1, 0.15) is 44.5 Å². The summed E-state index contributed by atoms with van der Waals surface area (Å²) in [5.74, 6) is 1.26. The van der Waals surface area contributed by atoms with Gasteiger partial charge in [-0.25, -0.2) is 19.9 Å². The molecule has 4 aromatic heterocycles. The van der Waals surface area contributed by atoms with E-state index in [1.807, 2.05) is 23.5 Å². The molecule has 6 nitrogen and oxygen atoms in total. The molecule has 2 aliphatic heterocycles. The molecule has 2 spiro atoms. The summed E-state index contributed by atoms with van der Waals surface area (Å²) in [5, 5.41) is 13.6. The van der Waals surface area contributed by atoms with Crippen molar-refractivity contribution in [3.63, 3.8) is 0 Å². The van der Waals surface area contributed by atoms with Gasteiger partial charge in [0.05, 0.1) is 55.3 Å². The molecular weight excluding hydrogens is 1370 g/mol. The van der Waals surface area contributed by atoms with Crippen LogP contribution in [-0.4, -0.2) is 29.1 Å². The number of fused-ring (bicyclic) bond motifs is 31. The molecule has 508 valence electrons. The van der Waals surface area contributed by atoms with Crippen LogP contribution in [0.3, 0.4) is 0 Å². The fourth-order valence-electron chi connectivity index (χ4n) is 19.8. The number of benzene rings is 17.